The van der Waals surface area contributed by atoms with Crippen molar-refractivity contribution in [1.82, 2.24) is 14.7 Å². The van der Waals surface area contributed by atoms with Gasteiger partial charge in [0.05, 0.1) is 15.6 Å². The fourth-order valence-corrected chi connectivity index (χ4v) is 4.36. The third-order valence-corrected chi connectivity index (χ3v) is 6.16. The Kier molecular flexibility index (Phi) is 5.63. The van der Waals surface area contributed by atoms with Gasteiger partial charge >= 0.3 is 6.03 Å². The Morgan fingerprint density at radius 1 is 1.29 bits per heavy atom. The van der Waals surface area contributed by atoms with Gasteiger partial charge in [-0.05, 0) is 29.1 Å². The fourth-order valence-electron chi connectivity index (χ4n) is 2.23. The van der Waals surface area contributed by atoms with Crippen LogP contribution in [0.2, 0.25) is 5.02 Å². The van der Waals surface area contributed by atoms with Crippen molar-refractivity contribution in [2.45, 2.75) is 4.90 Å². The van der Waals surface area contributed by atoms with Crippen molar-refractivity contribution in [1.29, 1.82) is 0 Å². The van der Waals surface area contributed by atoms with E-state index in [1.54, 1.807) is 18.2 Å². The Bertz CT molecular complexity index is 1200. The van der Waals surface area contributed by atoms with Crippen LogP contribution < -0.4 is 15.6 Å². The third-order valence-electron chi connectivity index (χ3n) is 3.45. The zero-order valence-corrected chi connectivity index (χ0v) is 16.5. The second-order valence-corrected chi connectivity index (χ2v) is 8.42. The first-order valence-electron chi connectivity index (χ1n) is 7.69. The Balaban J connectivity index is 1.83. The average Bonchev–Trinajstić information content (AvgIpc) is 3.15. The third kappa shape index (κ3) is 4.47. The zero-order chi connectivity index (χ0) is 20.3. The summed E-state index contributed by atoms with van der Waals surface area (Å²) >= 11 is 7.30. The van der Waals surface area contributed by atoms with Gasteiger partial charge in [-0.25, -0.2) is 22.9 Å². The number of amides is 2. The Morgan fingerprint density at radius 2 is 2.07 bits per heavy atom. The number of nitrogens with zero attached hydrogens (tertiary/aromatic N) is 1. The van der Waals surface area contributed by atoms with Crippen molar-refractivity contribution in [2.24, 2.45) is 0 Å². The van der Waals surface area contributed by atoms with Crippen molar-refractivity contribution < 1.29 is 13.2 Å². The molecular weight excluding hydrogens is 424 g/mol. The first-order valence-corrected chi connectivity index (χ1v) is 10.4. The number of hydrogen-bond acceptors (Lipinski definition) is 6. The average molecular weight is 437 g/mol. The summed E-state index contributed by atoms with van der Waals surface area (Å²) in [5, 5.41) is 3.96. The number of nitrogens with one attached hydrogen (secondary N) is 3. The van der Waals surface area contributed by atoms with Gasteiger partial charge in [0.1, 0.15) is 4.90 Å². The largest absolute Gasteiger partial charge is 0.335 e. The number of carbonyl (C=O) groups is 1. The minimum atomic E-state index is -4.27. The van der Waals surface area contributed by atoms with Gasteiger partial charge in [0.2, 0.25) is 5.95 Å². The van der Waals surface area contributed by atoms with Gasteiger partial charge in [0.25, 0.3) is 15.6 Å². The Hall–Kier alpha value is -2.95. The summed E-state index contributed by atoms with van der Waals surface area (Å²) in [4.78, 5) is 30.8. The minimum Gasteiger partial charge on any atom is -0.292 e. The molecule has 0 aliphatic carbocycles. The molecule has 0 bridgehead atoms. The Labute approximate surface area is 169 Å². The van der Waals surface area contributed by atoms with Gasteiger partial charge in [0.15, 0.2) is 0 Å². The summed E-state index contributed by atoms with van der Waals surface area (Å²) < 4.78 is 26.8. The van der Waals surface area contributed by atoms with Gasteiger partial charge in [-0.15, -0.1) is 11.3 Å². The molecular formula is C17H13ClN4O4S2. The molecule has 8 nitrogen and oxygen atoms in total. The number of sulfonamides is 1. The lowest BCUT2D eigenvalue weighted by atomic mass is 10.2. The zero-order valence-electron chi connectivity index (χ0n) is 14.1. The van der Waals surface area contributed by atoms with E-state index in [1.165, 1.54) is 35.6 Å². The lowest BCUT2D eigenvalue weighted by Gasteiger charge is -2.10. The highest BCUT2D eigenvalue weighted by atomic mass is 35.5. The predicted octanol–water partition coefficient (Wildman–Crippen LogP) is 3.31. The molecule has 3 aromatic rings. The van der Waals surface area contributed by atoms with Gasteiger partial charge in [0, 0.05) is 6.07 Å². The van der Waals surface area contributed by atoms with E-state index in [2.05, 4.69) is 21.9 Å². The maximum Gasteiger partial charge on any atom is 0.335 e. The summed E-state index contributed by atoms with van der Waals surface area (Å²) in [5.74, 6) is -0.200. The maximum absolute atomic E-state index is 12.5. The topological polar surface area (TPSA) is 121 Å². The highest BCUT2D eigenvalue weighted by molar-refractivity contribution is 7.90. The molecule has 0 spiro atoms. The lowest BCUT2D eigenvalue weighted by molar-refractivity contribution is 0.256. The van der Waals surface area contributed by atoms with Crippen LogP contribution in [0, 0.1) is 0 Å². The van der Waals surface area contributed by atoms with E-state index in [-0.39, 0.29) is 15.9 Å². The quantitative estimate of drug-likeness (QED) is 0.566. The van der Waals surface area contributed by atoms with Crippen molar-refractivity contribution >= 4 is 51.0 Å². The molecule has 0 aliphatic heterocycles. The van der Waals surface area contributed by atoms with Crippen LogP contribution in [0.5, 0.6) is 0 Å². The van der Waals surface area contributed by atoms with Crippen LogP contribution in [0.3, 0.4) is 0 Å². The minimum absolute atomic E-state index is 0.0582. The van der Waals surface area contributed by atoms with Gasteiger partial charge < -0.3 is 0 Å². The van der Waals surface area contributed by atoms with Crippen LogP contribution in [-0.2, 0) is 10.0 Å². The molecule has 1 aromatic carbocycles. The molecule has 0 fully saturated rings. The normalized spacial score (nSPS) is 11.0. The SMILES string of the molecule is C=Cc1ccc(Cl)c(S(=O)(=O)NC(=O)Nc2nc(-c3cccs3)cc(=O)[nH]2)c1. The molecule has 144 valence electrons. The van der Waals surface area contributed by atoms with E-state index < -0.39 is 21.6 Å². The first kappa shape index (κ1) is 19.8. The predicted molar refractivity (Wildman–Crippen MR) is 109 cm³/mol. The van der Waals surface area contributed by atoms with E-state index >= 15 is 0 Å². The van der Waals surface area contributed by atoms with Crippen molar-refractivity contribution in [2.75, 3.05) is 5.32 Å². The van der Waals surface area contributed by atoms with Crippen LogP contribution in [0.25, 0.3) is 16.6 Å². The van der Waals surface area contributed by atoms with Gasteiger partial charge in [-0.1, -0.05) is 36.4 Å². The molecule has 0 radical (unpaired) electrons. The fraction of sp³-hybridized carbons (Fsp3) is 0. The molecule has 0 saturated heterocycles. The number of carbonyl (C=O) groups excluding carboxylic acids is 1. The second-order valence-electron chi connectivity index (χ2n) is 5.41. The van der Waals surface area contributed by atoms with Crippen molar-refractivity contribution in [3.05, 3.63) is 69.3 Å². The highest BCUT2D eigenvalue weighted by Gasteiger charge is 2.21. The molecule has 3 N–H and O–H groups in total. The monoisotopic (exact) mass is 436 g/mol. The molecule has 28 heavy (non-hydrogen) atoms. The van der Waals surface area contributed by atoms with Crippen LogP contribution in [0.1, 0.15) is 5.56 Å². The molecule has 11 heteroatoms. The van der Waals surface area contributed by atoms with E-state index in [0.29, 0.717) is 11.3 Å². The van der Waals surface area contributed by atoms with E-state index in [4.69, 9.17) is 11.6 Å². The molecule has 0 saturated carbocycles. The number of H-pyrrole nitrogens is 1. The molecule has 2 aromatic heterocycles. The number of anilines is 1. The Morgan fingerprint density at radius 3 is 2.75 bits per heavy atom. The number of urea groups is 1. The van der Waals surface area contributed by atoms with Crippen molar-refractivity contribution in [3.8, 4) is 10.6 Å². The summed E-state index contributed by atoms with van der Waals surface area (Å²) in [5.41, 5.74) is 0.358. The smallest absolute Gasteiger partial charge is 0.292 e. The van der Waals surface area contributed by atoms with Gasteiger partial charge in [-0.3, -0.25) is 15.1 Å². The van der Waals surface area contributed by atoms with Crippen molar-refractivity contribution in [3.63, 3.8) is 0 Å². The molecule has 0 unspecified atom stereocenters. The summed E-state index contributed by atoms with van der Waals surface area (Å²) in [6, 6.07) is 7.96. The van der Waals surface area contributed by atoms with Crippen LogP contribution in [0.4, 0.5) is 10.7 Å². The first-order chi connectivity index (χ1) is 13.3. The standard InChI is InChI=1S/C17H13ClN4O4S2/c1-2-10-5-6-11(18)14(8-10)28(25,26)22-17(24)21-16-19-12(9-15(23)20-16)13-4-3-7-27-13/h2-9H,1H2,(H3,19,20,21,22,23,24). The van der Waals surface area contributed by atoms with Crippen LogP contribution in [-0.4, -0.2) is 24.4 Å². The van der Waals surface area contributed by atoms with Crippen LogP contribution >= 0.6 is 22.9 Å². The summed E-state index contributed by atoms with van der Waals surface area (Å²) in [6.07, 6.45) is 1.44. The van der Waals surface area contributed by atoms with Crippen LogP contribution in [0.15, 0.2) is 58.0 Å². The summed E-state index contributed by atoms with van der Waals surface area (Å²) in [7, 11) is -4.27. The number of benzene rings is 1. The molecule has 2 heterocycles. The molecule has 0 atom stereocenters. The second kappa shape index (κ2) is 7.97. The number of aromatic amines is 1. The number of hydrogen-bond donors (Lipinski definition) is 3. The maximum atomic E-state index is 12.5. The van der Waals surface area contributed by atoms with Gasteiger partial charge in [-0.2, -0.15) is 0 Å². The van der Waals surface area contributed by atoms with E-state index in [0.717, 1.165) is 4.88 Å². The van der Waals surface area contributed by atoms with E-state index in [1.807, 2.05) is 10.1 Å². The summed E-state index contributed by atoms with van der Waals surface area (Å²) in [6.45, 7) is 3.56. The number of thiophene rings is 1. The highest BCUT2D eigenvalue weighted by Crippen LogP contribution is 2.24. The number of rotatable bonds is 5. The number of halogens is 1. The van der Waals surface area contributed by atoms with E-state index in [9.17, 15) is 18.0 Å². The molecule has 0 aliphatic rings. The number of aromatic nitrogens is 2. The molecule has 2 amide bonds. The molecule has 3 rings (SSSR count). The lowest BCUT2D eigenvalue weighted by Crippen LogP contribution is -2.35.